The number of amides is 2. The molecule has 6 heteroatoms. The lowest BCUT2D eigenvalue weighted by molar-refractivity contribution is -0.118. The van der Waals surface area contributed by atoms with Crippen LogP contribution in [0.25, 0.3) is 0 Å². The zero-order chi connectivity index (χ0) is 15.0. The molecule has 1 aromatic rings. The Morgan fingerprint density at radius 1 is 1.33 bits per heavy atom. The second-order valence-corrected chi connectivity index (χ2v) is 5.79. The lowest BCUT2D eigenvalue weighted by Gasteiger charge is -2.18. The number of fused-ring (bicyclic) bond motifs is 1. The highest BCUT2D eigenvalue weighted by Crippen LogP contribution is 2.38. The summed E-state index contributed by atoms with van der Waals surface area (Å²) in [5.41, 5.74) is 5.27. The maximum absolute atomic E-state index is 13.4. The third-order valence-corrected chi connectivity index (χ3v) is 4.53. The van der Waals surface area contributed by atoms with Crippen LogP contribution in [-0.4, -0.2) is 24.4 Å². The van der Waals surface area contributed by atoms with Gasteiger partial charge in [-0.1, -0.05) is 6.42 Å². The molecule has 2 fully saturated rings. The van der Waals surface area contributed by atoms with Gasteiger partial charge in [-0.3, -0.25) is 9.59 Å². The van der Waals surface area contributed by atoms with E-state index in [0.29, 0.717) is 17.5 Å². The van der Waals surface area contributed by atoms with E-state index in [9.17, 15) is 14.0 Å². The molecule has 5 nitrogen and oxygen atoms in total. The number of nitrogens with one attached hydrogen (secondary N) is 2. The average Bonchev–Trinajstić information content (AvgIpc) is 3.02. The smallest absolute Gasteiger partial charge is 0.251 e. The molecule has 1 heterocycles. The van der Waals surface area contributed by atoms with Crippen molar-refractivity contribution in [3.8, 4) is 0 Å². The molecular weight excluding hydrogens is 273 g/mol. The molecule has 2 aliphatic rings. The van der Waals surface area contributed by atoms with Gasteiger partial charge in [0.15, 0.2) is 0 Å². The van der Waals surface area contributed by atoms with Crippen LogP contribution in [0.5, 0.6) is 0 Å². The molecule has 3 atom stereocenters. The van der Waals surface area contributed by atoms with Gasteiger partial charge in [0.25, 0.3) is 5.91 Å². The molecule has 3 unspecified atom stereocenters. The van der Waals surface area contributed by atoms with Gasteiger partial charge < -0.3 is 16.4 Å². The van der Waals surface area contributed by atoms with Gasteiger partial charge in [0, 0.05) is 5.69 Å². The largest absolute Gasteiger partial charge is 0.366 e. The Hall–Kier alpha value is -1.95. The summed E-state index contributed by atoms with van der Waals surface area (Å²) in [4.78, 5) is 23.5. The summed E-state index contributed by atoms with van der Waals surface area (Å²) >= 11 is 0. The number of benzene rings is 1. The summed E-state index contributed by atoms with van der Waals surface area (Å²) in [7, 11) is 0. The maximum atomic E-state index is 13.4. The van der Waals surface area contributed by atoms with Crippen LogP contribution in [0.1, 0.15) is 29.6 Å². The number of rotatable bonds is 3. The minimum Gasteiger partial charge on any atom is -0.366 e. The molecular formula is C15H18FN3O2. The highest BCUT2D eigenvalue weighted by atomic mass is 19.1. The summed E-state index contributed by atoms with van der Waals surface area (Å²) in [5, 5.41) is 5.99. The van der Waals surface area contributed by atoms with Crippen LogP contribution in [0.15, 0.2) is 18.2 Å². The first-order valence-corrected chi connectivity index (χ1v) is 7.20. The number of hydrogen-bond acceptors (Lipinski definition) is 3. The highest BCUT2D eigenvalue weighted by Gasteiger charge is 2.42. The molecule has 112 valence electrons. The number of primary amides is 1. The van der Waals surface area contributed by atoms with Crippen LogP contribution in [0.3, 0.4) is 0 Å². The molecule has 4 N–H and O–H groups in total. The molecule has 0 aromatic heterocycles. The number of carbonyl (C=O) groups is 2. The van der Waals surface area contributed by atoms with E-state index in [-0.39, 0.29) is 17.5 Å². The second-order valence-electron chi connectivity index (χ2n) is 5.79. The number of anilines is 1. The first-order valence-electron chi connectivity index (χ1n) is 7.20. The molecule has 1 aliphatic carbocycles. The van der Waals surface area contributed by atoms with Gasteiger partial charge >= 0.3 is 0 Å². The van der Waals surface area contributed by atoms with E-state index in [2.05, 4.69) is 10.6 Å². The van der Waals surface area contributed by atoms with Crippen molar-refractivity contribution in [3.63, 3.8) is 0 Å². The van der Waals surface area contributed by atoms with Crippen LogP contribution in [0.4, 0.5) is 10.1 Å². The van der Waals surface area contributed by atoms with Gasteiger partial charge in [-0.15, -0.1) is 0 Å². The Bertz CT molecular complexity index is 590. The molecule has 1 saturated heterocycles. The van der Waals surface area contributed by atoms with E-state index >= 15 is 0 Å². The molecule has 2 amide bonds. The minimum atomic E-state index is -0.849. The van der Waals surface area contributed by atoms with E-state index in [1.165, 1.54) is 25.0 Å². The van der Waals surface area contributed by atoms with Crippen LogP contribution < -0.4 is 16.4 Å². The fraction of sp³-hybridized carbons (Fsp3) is 0.467. The first-order chi connectivity index (χ1) is 10.1. The lowest BCUT2D eigenvalue weighted by atomic mass is 9.93. The van der Waals surface area contributed by atoms with Gasteiger partial charge in [0.2, 0.25) is 5.91 Å². The Morgan fingerprint density at radius 3 is 2.90 bits per heavy atom. The monoisotopic (exact) mass is 291 g/mol. The summed E-state index contributed by atoms with van der Waals surface area (Å²) in [6.45, 7) is 0.874. The van der Waals surface area contributed by atoms with E-state index < -0.39 is 11.7 Å². The standard InChI is InChI=1S/C15H18FN3O2/c16-12-5-4-9(6-11(12)14(17)20)19-15(21)13-10-3-1-2-8(10)7-18-13/h4-6,8,10,13,18H,1-3,7H2,(H2,17,20)(H,19,21). The van der Waals surface area contributed by atoms with Crippen LogP contribution in [-0.2, 0) is 4.79 Å². The van der Waals surface area contributed by atoms with Crippen LogP contribution >= 0.6 is 0 Å². The summed E-state index contributed by atoms with van der Waals surface area (Å²) in [6.07, 6.45) is 3.40. The quantitative estimate of drug-likeness (QED) is 0.783. The highest BCUT2D eigenvalue weighted by molar-refractivity contribution is 5.98. The fourth-order valence-electron chi connectivity index (χ4n) is 3.49. The molecule has 1 saturated carbocycles. The van der Waals surface area contributed by atoms with Crippen molar-refractivity contribution in [1.82, 2.24) is 5.32 Å². The summed E-state index contributed by atoms with van der Waals surface area (Å²) in [5.74, 6) is -0.712. The van der Waals surface area contributed by atoms with Gasteiger partial charge in [0.1, 0.15) is 5.82 Å². The SMILES string of the molecule is NC(=O)c1cc(NC(=O)C2NCC3CCCC32)ccc1F. The number of carbonyl (C=O) groups excluding carboxylic acids is 2. The Kier molecular flexibility index (Phi) is 3.63. The topological polar surface area (TPSA) is 84.2 Å². The average molecular weight is 291 g/mol. The van der Waals surface area contributed by atoms with E-state index in [1.54, 1.807) is 0 Å². The van der Waals surface area contributed by atoms with Crippen molar-refractivity contribution in [1.29, 1.82) is 0 Å². The van der Waals surface area contributed by atoms with Crippen LogP contribution in [0.2, 0.25) is 0 Å². The van der Waals surface area contributed by atoms with E-state index in [4.69, 9.17) is 5.73 Å². The molecule has 0 bridgehead atoms. The third-order valence-electron chi connectivity index (χ3n) is 4.53. The van der Waals surface area contributed by atoms with Crippen molar-refractivity contribution in [2.24, 2.45) is 17.6 Å². The van der Waals surface area contributed by atoms with Gasteiger partial charge in [-0.05, 0) is 49.4 Å². The van der Waals surface area contributed by atoms with Gasteiger partial charge in [-0.2, -0.15) is 0 Å². The zero-order valence-corrected chi connectivity index (χ0v) is 11.6. The lowest BCUT2D eigenvalue weighted by Crippen LogP contribution is -2.39. The maximum Gasteiger partial charge on any atom is 0.251 e. The van der Waals surface area contributed by atoms with E-state index in [1.807, 2.05) is 0 Å². The summed E-state index contributed by atoms with van der Waals surface area (Å²) < 4.78 is 13.4. The van der Waals surface area contributed by atoms with Gasteiger partial charge in [0.05, 0.1) is 11.6 Å². The molecule has 0 radical (unpaired) electrons. The zero-order valence-electron chi connectivity index (χ0n) is 11.6. The van der Waals surface area contributed by atoms with Crippen molar-refractivity contribution >= 4 is 17.5 Å². The first kappa shape index (κ1) is 14.0. The van der Waals surface area contributed by atoms with Crippen molar-refractivity contribution < 1.29 is 14.0 Å². The van der Waals surface area contributed by atoms with Gasteiger partial charge in [-0.25, -0.2) is 4.39 Å². The second kappa shape index (κ2) is 5.44. The number of nitrogens with two attached hydrogens (primary N) is 1. The molecule has 1 aliphatic heterocycles. The van der Waals surface area contributed by atoms with Crippen molar-refractivity contribution in [2.45, 2.75) is 25.3 Å². The third kappa shape index (κ3) is 2.63. The number of hydrogen-bond donors (Lipinski definition) is 3. The van der Waals surface area contributed by atoms with Crippen molar-refractivity contribution in [2.75, 3.05) is 11.9 Å². The summed E-state index contributed by atoms with van der Waals surface area (Å²) in [6, 6.07) is 3.63. The Labute approximate surface area is 122 Å². The predicted octanol–water partition coefficient (Wildman–Crippen LogP) is 1.25. The predicted molar refractivity (Wildman–Crippen MR) is 76.2 cm³/mol. The van der Waals surface area contributed by atoms with E-state index in [0.717, 1.165) is 19.0 Å². The van der Waals surface area contributed by atoms with Crippen molar-refractivity contribution in [3.05, 3.63) is 29.6 Å². The molecule has 21 heavy (non-hydrogen) atoms. The molecule has 1 aromatic carbocycles. The fourth-order valence-corrected chi connectivity index (χ4v) is 3.49. The molecule has 3 rings (SSSR count). The minimum absolute atomic E-state index is 0.133. The Morgan fingerprint density at radius 2 is 2.14 bits per heavy atom. The Balaban J connectivity index is 1.73. The normalized spacial score (nSPS) is 27.4. The number of halogens is 1. The van der Waals surface area contributed by atoms with Crippen LogP contribution in [0, 0.1) is 17.7 Å². The molecule has 0 spiro atoms.